The molecule has 1 atom stereocenters. The van der Waals surface area contributed by atoms with Crippen LogP contribution in [0, 0.1) is 5.82 Å². The first-order chi connectivity index (χ1) is 13.9. The van der Waals surface area contributed by atoms with Crippen LogP contribution in [-0.2, 0) is 20.8 Å². The van der Waals surface area contributed by atoms with Crippen molar-refractivity contribution in [3.8, 4) is 0 Å². The Labute approximate surface area is 169 Å². The molecule has 29 heavy (non-hydrogen) atoms. The molecule has 1 aliphatic rings. The van der Waals surface area contributed by atoms with E-state index in [1.807, 2.05) is 13.8 Å². The van der Waals surface area contributed by atoms with Gasteiger partial charge in [0.25, 0.3) is 0 Å². The minimum Gasteiger partial charge on any atom is -0.343 e. The average Bonchev–Trinajstić information content (AvgIpc) is 2.69. The molecule has 0 aromatic heterocycles. The maximum atomic E-state index is 13.4. The molecule has 1 aliphatic heterocycles. The number of benzene rings is 2. The van der Waals surface area contributed by atoms with Crippen molar-refractivity contribution in [1.82, 2.24) is 4.90 Å². The fourth-order valence-electron chi connectivity index (χ4n) is 3.47. The highest BCUT2D eigenvalue weighted by atomic mass is 19.1. The van der Waals surface area contributed by atoms with Crippen LogP contribution in [0.25, 0.3) is 0 Å². The zero-order valence-corrected chi connectivity index (χ0v) is 16.5. The van der Waals surface area contributed by atoms with E-state index >= 15 is 0 Å². The number of anilines is 2. The van der Waals surface area contributed by atoms with Crippen molar-refractivity contribution in [2.75, 3.05) is 23.7 Å². The lowest BCUT2D eigenvalue weighted by Gasteiger charge is -2.25. The second-order valence-corrected chi connectivity index (χ2v) is 6.97. The summed E-state index contributed by atoms with van der Waals surface area (Å²) < 4.78 is 13.4. The molecule has 0 radical (unpaired) electrons. The zero-order valence-electron chi connectivity index (χ0n) is 16.5. The smallest absolute Gasteiger partial charge is 0.232 e. The van der Waals surface area contributed by atoms with Crippen LogP contribution in [0.3, 0.4) is 0 Å². The van der Waals surface area contributed by atoms with E-state index in [-0.39, 0.29) is 24.1 Å². The third kappa shape index (κ3) is 4.80. The van der Waals surface area contributed by atoms with Crippen molar-refractivity contribution in [2.24, 2.45) is 0 Å². The number of hydrogen-bond donors (Lipinski definition) is 2. The predicted molar refractivity (Wildman–Crippen MR) is 109 cm³/mol. The van der Waals surface area contributed by atoms with Crippen LogP contribution in [0.1, 0.15) is 37.3 Å². The maximum absolute atomic E-state index is 13.4. The summed E-state index contributed by atoms with van der Waals surface area (Å²) in [6.07, 6.45) is 0.304. The van der Waals surface area contributed by atoms with Gasteiger partial charge in [-0.2, -0.15) is 0 Å². The van der Waals surface area contributed by atoms with Gasteiger partial charge in [-0.1, -0.05) is 18.2 Å². The zero-order chi connectivity index (χ0) is 21.0. The highest BCUT2D eigenvalue weighted by Gasteiger charge is 2.31. The minimum absolute atomic E-state index is 0.000914. The number of carbonyl (C=O) groups is 3. The standard InChI is InChI=1S/C22H24FN3O3/c1-3-26(4-2)21(28)11-14-5-8-16(9-6-14)24-22(29)18-13-20(27)25-19-12-15(23)7-10-17(18)19/h5-10,12,18H,3-4,11,13H2,1-2H3,(H,24,29)(H,25,27). The Kier molecular flexibility index (Phi) is 6.26. The summed E-state index contributed by atoms with van der Waals surface area (Å²) in [5.74, 6) is -1.76. The molecule has 0 fully saturated rings. The number of amides is 3. The quantitative estimate of drug-likeness (QED) is 0.785. The van der Waals surface area contributed by atoms with Crippen LogP contribution >= 0.6 is 0 Å². The van der Waals surface area contributed by atoms with Crippen LogP contribution in [0.4, 0.5) is 15.8 Å². The Morgan fingerprint density at radius 2 is 1.83 bits per heavy atom. The van der Waals surface area contributed by atoms with Crippen molar-refractivity contribution in [2.45, 2.75) is 32.6 Å². The lowest BCUT2D eigenvalue weighted by molar-refractivity contribution is -0.130. The van der Waals surface area contributed by atoms with Crippen molar-refractivity contribution in [1.29, 1.82) is 0 Å². The average molecular weight is 397 g/mol. The predicted octanol–water partition coefficient (Wildman–Crippen LogP) is 3.30. The summed E-state index contributed by atoms with van der Waals surface area (Å²) in [5.41, 5.74) is 2.35. The summed E-state index contributed by atoms with van der Waals surface area (Å²) >= 11 is 0. The Hall–Kier alpha value is -3.22. The van der Waals surface area contributed by atoms with Gasteiger partial charge in [-0.25, -0.2) is 4.39 Å². The van der Waals surface area contributed by atoms with Crippen molar-refractivity contribution >= 4 is 29.1 Å². The number of likely N-dealkylation sites (N-methyl/N-ethyl adjacent to an activating group) is 1. The van der Waals surface area contributed by atoms with Crippen LogP contribution in [0.2, 0.25) is 0 Å². The van der Waals surface area contributed by atoms with Gasteiger partial charge in [0.2, 0.25) is 17.7 Å². The lowest BCUT2D eigenvalue weighted by Crippen LogP contribution is -2.31. The van der Waals surface area contributed by atoms with Gasteiger partial charge >= 0.3 is 0 Å². The van der Waals surface area contributed by atoms with E-state index in [0.29, 0.717) is 36.4 Å². The largest absolute Gasteiger partial charge is 0.343 e. The number of rotatable bonds is 6. The summed E-state index contributed by atoms with van der Waals surface area (Å²) in [7, 11) is 0. The molecule has 1 unspecified atom stereocenters. The number of fused-ring (bicyclic) bond motifs is 1. The highest BCUT2D eigenvalue weighted by Crippen LogP contribution is 2.33. The second kappa shape index (κ2) is 8.86. The van der Waals surface area contributed by atoms with Crippen LogP contribution in [0.5, 0.6) is 0 Å². The van der Waals surface area contributed by atoms with Crippen molar-refractivity contribution in [3.63, 3.8) is 0 Å². The molecule has 0 saturated carbocycles. The fraction of sp³-hybridized carbons (Fsp3) is 0.318. The number of nitrogens with zero attached hydrogens (tertiary/aromatic N) is 1. The number of halogens is 1. The monoisotopic (exact) mass is 397 g/mol. The van der Waals surface area contributed by atoms with Gasteiger partial charge in [0.05, 0.1) is 12.3 Å². The molecule has 0 bridgehead atoms. The molecule has 6 nitrogen and oxygen atoms in total. The topological polar surface area (TPSA) is 78.5 Å². The van der Waals surface area contributed by atoms with Crippen LogP contribution < -0.4 is 10.6 Å². The highest BCUT2D eigenvalue weighted by molar-refractivity contribution is 6.05. The van der Waals surface area contributed by atoms with Gasteiger partial charge in [-0.05, 0) is 49.2 Å². The van der Waals surface area contributed by atoms with Gasteiger partial charge in [0, 0.05) is 30.9 Å². The normalized spacial score (nSPS) is 15.3. The summed E-state index contributed by atoms with van der Waals surface area (Å²) in [5, 5.41) is 5.40. The number of carbonyl (C=O) groups excluding carboxylic acids is 3. The van der Waals surface area contributed by atoms with Crippen LogP contribution in [-0.4, -0.2) is 35.7 Å². The Balaban J connectivity index is 1.69. The third-order valence-corrected chi connectivity index (χ3v) is 5.06. The first-order valence-electron chi connectivity index (χ1n) is 9.68. The van der Waals surface area contributed by atoms with Gasteiger partial charge in [-0.3, -0.25) is 14.4 Å². The summed E-state index contributed by atoms with van der Waals surface area (Å²) in [4.78, 5) is 38.6. The Morgan fingerprint density at radius 1 is 1.14 bits per heavy atom. The number of nitrogens with one attached hydrogen (secondary N) is 2. The molecule has 2 aromatic rings. The fourth-order valence-corrected chi connectivity index (χ4v) is 3.47. The van der Waals surface area contributed by atoms with Gasteiger partial charge in [-0.15, -0.1) is 0 Å². The number of hydrogen-bond acceptors (Lipinski definition) is 3. The molecule has 3 rings (SSSR count). The first kappa shape index (κ1) is 20.5. The summed E-state index contributed by atoms with van der Waals surface area (Å²) in [6, 6.07) is 11.1. The van der Waals surface area contributed by atoms with Crippen LogP contribution in [0.15, 0.2) is 42.5 Å². The van der Waals surface area contributed by atoms with Crippen molar-refractivity contribution in [3.05, 3.63) is 59.4 Å². The molecule has 152 valence electrons. The molecular formula is C22H24FN3O3. The molecule has 2 aromatic carbocycles. The van der Waals surface area contributed by atoms with E-state index in [0.717, 1.165) is 5.56 Å². The molecule has 0 spiro atoms. The maximum Gasteiger partial charge on any atom is 0.232 e. The SMILES string of the molecule is CCN(CC)C(=O)Cc1ccc(NC(=O)C2CC(=O)Nc3cc(F)ccc32)cc1. The van der Waals surface area contributed by atoms with E-state index in [9.17, 15) is 18.8 Å². The Morgan fingerprint density at radius 3 is 2.48 bits per heavy atom. The van der Waals surface area contributed by atoms with Crippen molar-refractivity contribution < 1.29 is 18.8 Å². The molecule has 0 aliphatic carbocycles. The molecule has 7 heteroatoms. The lowest BCUT2D eigenvalue weighted by atomic mass is 9.89. The third-order valence-electron chi connectivity index (χ3n) is 5.06. The molecule has 0 saturated heterocycles. The van der Waals surface area contributed by atoms with E-state index in [4.69, 9.17) is 0 Å². The van der Waals surface area contributed by atoms with Gasteiger partial charge in [0.1, 0.15) is 5.82 Å². The Bertz CT molecular complexity index is 923. The van der Waals surface area contributed by atoms with Gasteiger partial charge in [0.15, 0.2) is 0 Å². The first-order valence-corrected chi connectivity index (χ1v) is 9.68. The molecule has 3 amide bonds. The molecule has 1 heterocycles. The van der Waals surface area contributed by atoms with Gasteiger partial charge < -0.3 is 15.5 Å². The second-order valence-electron chi connectivity index (χ2n) is 6.97. The van der Waals surface area contributed by atoms with E-state index in [1.54, 1.807) is 29.2 Å². The molecule has 2 N–H and O–H groups in total. The van der Waals surface area contributed by atoms with E-state index in [2.05, 4.69) is 10.6 Å². The molecular weight excluding hydrogens is 373 g/mol. The summed E-state index contributed by atoms with van der Waals surface area (Å²) in [6.45, 7) is 5.23. The van der Waals surface area contributed by atoms with E-state index < -0.39 is 11.7 Å². The van der Waals surface area contributed by atoms with E-state index in [1.165, 1.54) is 18.2 Å². The minimum atomic E-state index is -0.691.